The molecular weight excluding hydrogens is 154 g/mol. The molecule has 0 spiro atoms. The molecule has 0 aromatic heterocycles. The van der Waals surface area contributed by atoms with Crippen molar-refractivity contribution >= 4 is 5.78 Å². The highest BCUT2D eigenvalue weighted by molar-refractivity contribution is 5.85. The van der Waals surface area contributed by atoms with Crippen LogP contribution in [0, 0.1) is 0 Å². The van der Waals surface area contributed by atoms with Crippen molar-refractivity contribution in [3.05, 3.63) is 0 Å². The number of nitrogens with two attached hydrogens (primary N) is 1. The predicted octanol–water partition coefficient (Wildman–Crippen LogP) is -0.898. The van der Waals surface area contributed by atoms with E-state index in [-0.39, 0.29) is 18.4 Å². The molecule has 0 bridgehead atoms. The molecule has 0 saturated carbocycles. The van der Waals surface area contributed by atoms with Crippen molar-refractivity contribution in [2.24, 2.45) is 5.73 Å². The normalized spacial score (nSPS) is 12.9. The average Bonchev–Trinajstić information content (AvgIpc) is 2.11. The highest BCUT2D eigenvalue weighted by Gasteiger charge is 2.12. The van der Waals surface area contributed by atoms with E-state index in [9.17, 15) is 4.79 Å². The maximum absolute atomic E-state index is 11.1. The van der Waals surface area contributed by atoms with Gasteiger partial charge in [-0.2, -0.15) is 0 Å². The fraction of sp³-hybridized carbons (Fsp3) is 0.875. The number of rotatable bonds is 7. The largest absolute Gasteiger partial charge is 0.324 e. The van der Waals surface area contributed by atoms with E-state index in [2.05, 4.69) is 10.6 Å². The van der Waals surface area contributed by atoms with Crippen LogP contribution in [0.4, 0.5) is 0 Å². The molecule has 4 N–H and O–H groups in total. The molecule has 1 unspecified atom stereocenters. The molecule has 0 radical (unpaired) electrons. The van der Waals surface area contributed by atoms with Gasteiger partial charge in [-0.25, -0.2) is 0 Å². The molecule has 0 rings (SSSR count). The third kappa shape index (κ3) is 4.43. The van der Waals surface area contributed by atoms with Gasteiger partial charge in [-0.15, -0.1) is 0 Å². The highest BCUT2D eigenvalue weighted by Crippen LogP contribution is 1.90. The molecule has 0 heterocycles. The van der Waals surface area contributed by atoms with Gasteiger partial charge in [-0.3, -0.25) is 4.79 Å². The lowest BCUT2D eigenvalue weighted by atomic mass is 10.1. The number of likely N-dealkylation sites (N-methyl/N-ethyl adjacent to an activating group) is 1. The first-order valence-electron chi connectivity index (χ1n) is 4.37. The van der Waals surface area contributed by atoms with Gasteiger partial charge in [-0.1, -0.05) is 6.92 Å². The summed E-state index contributed by atoms with van der Waals surface area (Å²) < 4.78 is 0. The third-order valence-electron chi connectivity index (χ3n) is 1.80. The number of Topliss-reactive ketones (excluding diaryl/α,β-unsaturated/α-hetero) is 1. The van der Waals surface area contributed by atoms with Gasteiger partial charge in [0.1, 0.15) is 0 Å². The SMILES string of the molecule is CCNCCC(NC)C(=O)CN. The molecule has 0 aromatic carbocycles. The quantitative estimate of drug-likeness (QED) is 0.437. The third-order valence-corrected chi connectivity index (χ3v) is 1.80. The number of nitrogens with one attached hydrogen (secondary N) is 2. The second kappa shape index (κ2) is 7.21. The molecular formula is C8H19N3O. The van der Waals surface area contributed by atoms with Gasteiger partial charge in [0.2, 0.25) is 0 Å². The van der Waals surface area contributed by atoms with Gasteiger partial charge < -0.3 is 16.4 Å². The van der Waals surface area contributed by atoms with Crippen LogP contribution in [0.2, 0.25) is 0 Å². The van der Waals surface area contributed by atoms with Crippen molar-refractivity contribution < 1.29 is 4.79 Å². The highest BCUT2D eigenvalue weighted by atomic mass is 16.1. The Bertz CT molecular complexity index is 127. The minimum absolute atomic E-state index is 0.0791. The van der Waals surface area contributed by atoms with Gasteiger partial charge in [0.25, 0.3) is 0 Å². The molecule has 0 aromatic rings. The molecule has 0 aliphatic heterocycles. The lowest BCUT2D eigenvalue weighted by molar-refractivity contribution is -0.119. The summed E-state index contributed by atoms with van der Waals surface area (Å²) in [6, 6.07) is -0.0888. The molecule has 72 valence electrons. The maximum atomic E-state index is 11.1. The van der Waals surface area contributed by atoms with Crippen molar-refractivity contribution in [2.45, 2.75) is 19.4 Å². The molecule has 0 aliphatic carbocycles. The summed E-state index contributed by atoms with van der Waals surface area (Å²) in [5, 5.41) is 6.10. The van der Waals surface area contributed by atoms with Crippen molar-refractivity contribution in [3.8, 4) is 0 Å². The van der Waals surface area contributed by atoms with E-state index in [0.29, 0.717) is 0 Å². The Labute approximate surface area is 73.9 Å². The molecule has 1 atom stereocenters. The van der Waals surface area contributed by atoms with E-state index >= 15 is 0 Å². The maximum Gasteiger partial charge on any atom is 0.163 e. The lowest BCUT2D eigenvalue weighted by Gasteiger charge is -2.13. The zero-order chi connectivity index (χ0) is 9.40. The molecule has 0 fully saturated rings. The second-order valence-corrected chi connectivity index (χ2v) is 2.65. The summed E-state index contributed by atoms with van der Waals surface area (Å²) in [4.78, 5) is 11.1. The van der Waals surface area contributed by atoms with Crippen molar-refractivity contribution in [1.82, 2.24) is 10.6 Å². The van der Waals surface area contributed by atoms with Crippen LogP contribution >= 0.6 is 0 Å². The monoisotopic (exact) mass is 173 g/mol. The minimum Gasteiger partial charge on any atom is -0.324 e. The number of hydrogen-bond donors (Lipinski definition) is 3. The molecule has 0 amide bonds. The summed E-state index contributed by atoms with van der Waals surface area (Å²) in [6.07, 6.45) is 0.806. The van der Waals surface area contributed by atoms with Crippen molar-refractivity contribution in [1.29, 1.82) is 0 Å². The van der Waals surface area contributed by atoms with Crippen molar-refractivity contribution in [3.63, 3.8) is 0 Å². The Morgan fingerprint density at radius 1 is 1.58 bits per heavy atom. The Balaban J connectivity index is 3.60. The fourth-order valence-corrected chi connectivity index (χ4v) is 1.03. The molecule has 12 heavy (non-hydrogen) atoms. The summed E-state index contributed by atoms with van der Waals surface area (Å²) >= 11 is 0. The zero-order valence-corrected chi connectivity index (χ0v) is 7.89. The second-order valence-electron chi connectivity index (χ2n) is 2.65. The molecule has 0 saturated heterocycles. The van der Waals surface area contributed by atoms with Crippen LogP contribution in [0.25, 0.3) is 0 Å². The van der Waals surface area contributed by atoms with E-state index in [1.54, 1.807) is 7.05 Å². The smallest absolute Gasteiger partial charge is 0.163 e. The van der Waals surface area contributed by atoms with Gasteiger partial charge in [-0.05, 0) is 26.6 Å². The lowest BCUT2D eigenvalue weighted by Crippen LogP contribution is -2.40. The van der Waals surface area contributed by atoms with Crippen molar-refractivity contribution in [2.75, 3.05) is 26.7 Å². The van der Waals surface area contributed by atoms with E-state index in [1.165, 1.54) is 0 Å². The van der Waals surface area contributed by atoms with Crippen LogP contribution < -0.4 is 16.4 Å². The Morgan fingerprint density at radius 3 is 2.67 bits per heavy atom. The van der Waals surface area contributed by atoms with Crippen LogP contribution in [0.1, 0.15) is 13.3 Å². The standard InChI is InChI=1S/C8H19N3O/c1-3-11-5-4-7(10-2)8(12)6-9/h7,10-11H,3-6,9H2,1-2H3. The van der Waals surface area contributed by atoms with E-state index in [4.69, 9.17) is 5.73 Å². The summed E-state index contributed by atoms with van der Waals surface area (Å²) in [7, 11) is 1.78. The Morgan fingerprint density at radius 2 is 2.25 bits per heavy atom. The first-order valence-corrected chi connectivity index (χ1v) is 4.37. The number of carbonyl (C=O) groups is 1. The van der Waals surface area contributed by atoms with E-state index in [0.717, 1.165) is 19.5 Å². The van der Waals surface area contributed by atoms with E-state index in [1.807, 2.05) is 6.92 Å². The average molecular weight is 173 g/mol. The van der Waals surface area contributed by atoms with E-state index < -0.39 is 0 Å². The Hall–Kier alpha value is -0.450. The van der Waals surface area contributed by atoms with Crippen LogP contribution in [-0.2, 0) is 4.79 Å². The first kappa shape index (κ1) is 11.6. The predicted molar refractivity (Wildman–Crippen MR) is 50.1 cm³/mol. The van der Waals surface area contributed by atoms with Crippen LogP contribution in [0.3, 0.4) is 0 Å². The van der Waals surface area contributed by atoms with Gasteiger partial charge >= 0.3 is 0 Å². The number of ketones is 1. The molecule has 4 heteroatoms. The topological polar surface area (TPSA) is 67.1 Å². The summed E-state index contributed by atoms with van der Waals surface area (Å²) in [5.74, 6) is 0.0791. The van der Waals surface area contributed by atoms with Gasteiger partial charge in [0.05, 0.1) is 12.6 Å². The number of carbonyl (C=O) groups excluding carboxylic acids is 1. The summed E-state index contributed by atoms with van der Waals surface area (Å²) in [6.45, 7) is 3.96. The zero-order valence-electron chi connectivity index (χ0n) is 7.89. The minimum atomic E-state index is -0.0888. The first-order chi connectivity index (χ1) is 5.76. The molecule has 4 nitrogen and oxygen atoms in total. The van der Waals surface area contributed by atoms with Crippen LogP contribution in [0.5, 0.6) is 0 Å². The number of hydrogen-bond acceptors (Lipinski definition) is 4. The van der Waals surface area contributed by atoms with Gasteiger partial charge in [0, 0.05) is 0 Å². The molecule has 0 aliphatic rings. The van der Waals surface area contributed by atoms with Crippen LogP contribution in [0.15, 0.2) is 0 Å². The van der Waals surface area contributed by atoms with Crippen LogP contribution in [-0.4, -0.2) is 38.5 Å². The fourth-order valence-electron chi connectivity index (χ4n) is 1.03. The van der Waals surface area contributed by atoms with Gasteiger partial charge in [0.15, 0.2) is 5.78 Å². The Kier molecular flexibility index (Phi) is 6.94. The summed E-state index contributed by atoms with van der Waals surface area (Å²) in [5.41, 5.74) is 5.24.